The highest BCUT2D eigenvalue weighted by Gasteiger charge is 2.45. The monoisotopic (exact) mass is 762 g/mol. The summed E-state index contributed by atoms with van der Waals surface area (Å²) < 4.78 is 6.35. The van der Waals surface area contributed by atoms with Crippen LogP contribution in [0.15, 0.2) is 54.6 Å². The van der Waals surface area contributed by atoms with Gasteiger partial charge in [0.15, 0.2) is 0 Å². The van der Waals surface area contributed by atoms with E-state index < -0.39 is 29.7 Å². The number of nitrogens with zero attached hydrogens (tertiary/aromatic N) is 4. The van der Waals surface area contributed by atoms with Crippen LogP contribution in [0.1, 0.15) is 112 Å². The van der Waals surface area contributed by atoms with E-state index >= 15 is 0 Å². The zero-order valence-corrected chi connectivity index (χ0v) is 31.4. The Balaban J connectivity index is 0.784. The Kier molecular flexibility index (Phi) is 10.1. The number of anilines is 1. The molecule has 55 heavy (non-hydrogen) atoms. The molecule has 5 amide bonds. The van der Waals surface area contributed by atoms with Crippen molar-refractivity contribution in [2.45, 2.75) is 108 Å². The lowest BCUT2D eigenvalue weighted by Gasteiger charge is -2.36. The second kappa shape index (κ2) is 15.1. The van der Waals surface area contributed by atoms with Crippen molar-refractivity contribution in [2.24, 2.45) is 0 Å². The minimum Gasteiger partial charge on any atom is -0.490 e. The minimum atomic E-state index is -0.968. The third-order valence-electron chi connectivity index (χ3n) is 12.1. The number of rotatable bonds is 8. The molecule has 3 aromatic carbocycles. The molecule has 3 aromatic rings. The summed E-state index contributed by atoms with van der Waals surface area (Å²) in [5.74, 6) is -1.28. The third-order valence-corrected chi connectivity index (χ3v) is 12.5. The Hall–Kier alpha value is -5.25. The Morgan fingerprint density at radius 2 is 1.53 bits per heavy atom. The van der Waals surface area contributed by atoms with Crippen LogP contribution in [-0.4, -0.2) is 76.7 Å². The number of amides is 5. The first-order chi connectivity index (χ1) is 26.6. The molecule has 0 bridgehead atoms. The zero-order chi connectivity index (χ0) is 38.4. The van der Waals surface area contributed by atoms with Gasteiger partial charge in [0.25, 0.3) is 17.7 Å². The van der Waals surface area contributed by atoms with Gasteiger partial charge >= 0.3 is 0 Å². The average Bonchev–Trinajstić information content (AvgIpc) is 3.71. The molecule has 0 spiro atoms. The SMILES string of the molecule is CN(c1ccc(C#N)c(Cl)c1)C1CCC(NC(=O)c2ccc(O[C@H]3CC[C@H](N4Cc5cc6c(cc5C4)C(=O)N(C4CCC(=O)NC4=O)C6=O)CC3)cc2)CC1. The number of imide groups is 2. The van der Waals surface area contributed by atoms with Crippen LogP contribution in [-0.2, 0) is 22.7 Å². The van der Waals surface area contributed by atoms with Crippen molar-refractivity contribution in [1.82, 2.24) is 20.4 Å². The molecule has 2 saturated carbocycles. The molecule has 3 aliphatic heterocycles. The molecular formula is C42H43ClN6O6. The Labute approximate surface area is 324 Å². The van der Waals surface area contributed by atoms with Gasteiger partial charge in [-0.15, -0.1) is 0 Å². The van der Waals surface area contributed by atoms with Gasteiger partial charge in [-0.05, 0) is 124 Å². The van der Waals surface area contributed by atoms with E-state index in [9.17, 15) is 29.2 Å². The van der Waals surface area contributed by atoms with E-state index in [0.717, 1.165) is 78.8 Å². The normalized spacial score (nSPS) is 25.2. The van der Waals surface area contributed by atoms with Gasteiger partial charge in [-0.1, -0.05) is 11.6 Å². The molecule has 3 fully saturated rings. The van der Waals surface area contributed by atoms with E-state index in [2.05, 4.69) is 26.5 Å². The van der Waals surface area contributed by atoms with Crippen molar-refractivity contribution in [2.75, 3.05) is 11.9 Å². The fourth-order valence-corrected chi connectivity index (χ4v) is 9.18. The van der Waals surface area contributed by atoms with Gasteiger partial charge in [0.2, 0.25) is 11.8 Å². The Morgan fingerprint density at radius 1 is 0.873 bits per heavy atom. The minimum absolute atomic E-state index is 0.0758. The zero-order valence-electron chi connectivity index (χ0n) is 30.7. The van der Waals surface area contributed by atoms with Crippen LogP contribution in [0, 0.1) is 11.3 Å². The van der Waals surface area contributed by atoms with Crippen molar-refractivity contribution in [3.63, 3.8) is 0 Å². The van der Waals surface area contributed by atoms with Crippen LogP contribution < -0.4 is 20.3 Å². The van der Waals surface area contributed by atoms with E-state index in [4.69, 9.17) is 16.3 Å². The molecule has 12 nitrogen and oxygen atoms in total. The van der Waals surface area contributed by atoms with Gasteiger partial charge in [-0.3, -0.25) is 39.1 Å². The Morgan fingerprint density at radius 3 is 2.13 bits per heavy atom. The average molecular weight is 763 g/mol. The molecule has 2 N–H and O–H groups in total. The summed E-state index contributed by atoms with van der Waals surface area (Å²) in [6.07, 6.45) is 7.65. The van der Waals surface area contributed by atoms with Crippen LogP contribution in [0.3, 0.4) is 0 Å². The van der Waals surface area contributed by atoms with Crippen molar-refractivity contribution >= 4 is 46.8 Å². The van der Waals surface area contributed by atoms with Crippen molar-refractivity contribution in [3.8, 4) is 11.8 Å². The van der Waals surface area contributed by atoms with Gasteiger partial charge in [-0.25, -0.2) is 0 Å². The summed E-state index contributed by atoms with van der Waals surface area (Å²) in [5, 5.41) is 15.1. The molecule has 3 heterocycles. The number of hydrogen-bond acceptors (Lipinski definition) is 9. The number of nitriles is 1. The van der Waals surface area contributed by atoms with E-state index in [-0.39, 0.29) is 30.9 Å². The summed E-state index contributed by atoms with van der Waals surface area (Å²) in [5.41, 5.74) is 4.76. The summed E-state index contributed by atoms with van der Waals surface area (Å²) >= 11 is 6.26. The van der Waals surface area contributed by atoms with Gasteiger partial charge in [0.1, 0.15) is 17.9 Å². The second-order valence-electron chi connectivity index (χ2n) is 15.5. The highest BCUT2D eigenvalue weighted by atomic mass is 35.5. The van der Waals surface area contributed by atoms with E-state index in [1.165, 1.54) is 0 Å². The van der Waals surface area contributed by atoms with E-state index in [1.807, 2.05) is 55.6 Å². The number of hydrogen-bond donors (Lipinski definition) is 2. The summed E-state index contributed by atoms with van der Waals surface area (Å²) in [6.45, 7) is 1.38. The molecule has 1 atom stereocenters. The van der Waals surface area contributed by atoms with Crippen LogP contribution in [0.2, 0.25) is 5.02 Å². The number of nitrogens with one attached hydrogen (secondary N) is 2. The summed E-state index contributed by atoms with van der Waals surface area (Å²) in [4.78, 5) is 69.4. The maximum absolute atomic E-state index is 13.3. The molecule has 1 saturated heterocycles. The predicted octanol–water partition coefficient (Wildman–Crippen LogP) is 5.50. The van der Waals surface area contributed by atoms with Crippen LogP contribution >= 0.6 is 11.6 Å². The maximum Gasteiger partial charge on any atom is 0.262 e. The lowest BCUT2D eigenvalue weighted by atomic mass is 9.90. The van der Waals surface area contributed by atoms with E-state index in [1.54, 1.807) is 6.07 Å². The molecule has 284 valence electrons. The molecule has 8 rings (SSSR count). The molecule has 13 heteroatoms. The molecule has 5 aliphatic rings. The molecule has 1 unspecified atom stereocenters. The lowest BCUT2D eigenvalue weighted by molar-refractivity contribution is -0.136. The largest absolute Gasteiger partial charge is 0.490 e. The topological polar surface area (TPSA) is 152 Å². The van der Waals surface area contributed by atoms with Gasteiger partial charge < -0.3 is 15.0 Å². The van der Waals surface area contributed by atoms with Crippen LogP contribution in [0.25, 0.3) is 0 Å². The molecule has 0 radical (unpaired) electrons. The number of carbonyl (C=O) groups excluding carboxylic acids is 5. The first kappa shape index (κ1) is 36.7. The molecule has 2 aliphatic carbocycles. The fraction of sp³-hybridized carbons (Fsp3) is 0.429. The maximum atomic E-state index is 13.3. The third kappa shape index (κ3) is 7.31. The van der Waals surface area contributed by atoms with E-state index in [0.29, 0.717) is 52.4 Å². The first-order valence-corrected chi connectivity index (χ1v) is 19.6. The van der Waals surface area contributed by atoms with Gasteiger partial charge in [0, 0.05) is 55.9 Å². The quantitative estimate of drug-likeness (QED) is 0.284. The summed E-state index contributed by atoms with van der Waals surface area (Å²) in [6, 6.07) is 18.5. The lowest BCUT2D eigenvalue weighted by Crippen LogP contribution is -2.54. The number of fused-ring (bicyclic) bond motifs is 2. The predicted molar refractivity (Wildman–Crippen MR) is 204 cm³/mol. The van der Waals surface area contributed by atoms with Crippen LogP contribution in [0.5, 0.6) is 5.75 Å². The first-order valence-electron chi connectivity index (χ1n) is 19.2. The number of piperidine rings is 1. The van der Waals surface area contributed by atoms with Gasteiger partial charge in [-0.2, -0.15) is 5.26 Å². The molecular weight excluding hydrogens is 720 g/mol. The fourth-order valence-electron chi connectivity index (χ4n) is 8.96. The highest BCUT2D eigenvalue weighted by Crippen LogP contribution is 2.37. The van der Waals surface area contributed by atoms with Crippen LogP contribution in [0.4, 0.5) is 5.69 Å². The van der Waals surface area contributed by atoms with Crippen molar-refractivity contribution < 1.29 is 28.7 Å². The molecule has 0 aromatic heterocycles. The number of ether oxygens (including phenoxy) is 1. The smallest absolute Gasteiger partial charge is 0.262 e. The number of halogens is 1. The highest BCUT2D eigenvalue weighted by molar-refractivity contribution is 6.32. The number of benzene rings is 3. The standard InChI is InChI=1S/C42H43ClN6O6/c1-47(31-7-2-25(21-44)36(43)20-31)29-8-5-28(6-9-29)45-39(51)24-3-12-32(13-4-24)55-33-14-10-30(11-15-33)48-22-26-18-34-35(19-27(26)23-48)42(54)49(41(34)53)37-16-17-38(50)46-40(37)52/h2-4,7,12-13,18-20,28-30,33,37H,5-6,8-11,14-17,22-23H2,1H3,(H,45,51)(H,46,50,52)/t28?,29?,30-,33-,37?. The second-order valence-corrected chi connectivity index (χ2v) is 15.9. The Bertz CT molecular complexity index is 2050. The van der Waals surface area contributed by atoms with Crippen molar-refractivity contribution in [1.29, 1.82) is 5.26 Å². The van der Waals surface area contributed by atoms with Crippen molar-refractivity contribution in [3.05, 3.63) is 93.0 Å². The van der Waals surface area contributed by atoms with Gasteiger partial charge in [0.05, 0.1) is 27.8 Å². The number of carbonyl (C=O) groups is 5. The summed E-state index contributed by atoms with van der Waals surface area (Å²) in [7, 11) is 2.05.